The Morgan fingerprint density at radius 2 is 1.87 bits per heavy atom. The van der Waals surface area contributed by atoms with E-state index < -0.39 is 0 Å². The summed E-state index contributed by atoms with van der Waals surface area (Å²) in [5, 5.41) is 13.6. The summed E-state index contributed by atoms with van der Waals surface area (Å²) >= 11 is 14.3. The molecule has 3 aromatic rings. The van der Waals surface area contributed by atoms with Gasteiger partial charge in [-0.1, -0.05) is 78.1 Å². The number of nitrogens with zero attached hydrogens (tertiary/aromatic N) is 3. The molecule has 30 heavy (non-hydrogen) atoms. The van der Waals surface area contributed by atoms with Crippen LogP contribution in [-0.4, -0.2) is 20.7 Å². The van der Waals surface area contributed by atoms with Crippen molar-refractivity contribution in [3.63, 3.8) is 0 Å². The lowest BCUT2D eigenvalue weighted by molar-refractivity contribution is -0.125. The smallest absolute Gasteiger partial charge is 0.223 e. The lowest BCUT2D eigenvalue weighted by Gasteiger charge is -2.14. The molecule has 0 unspecified atom stereocenters. The van der Waals surface area contributed by atoms with Gasteiger partial charge in [-0.25, -0.2) is 0 Å². The first kappa shape index (κ1) is 21.2. The number of hydrogen-bond donors (Lipinski definition) is 1. The molecule has 2 aromatic carbocycles. The highest BCUT2D eigenvalue weighted by Gasteiger charge is 2.24. The van der Waals surface area contributed by atoms with E-state index in [-0.39, 0.29) is 18.4 Å². The Balaban J connectivity index is 1.59. The molecular weight excluding hydrogens is 439 g/mol. The van der Waals surface area contributed by atoms with Crippen LogP contribution in [0.3, 0.4) is 0 Å². The first-order valence-electron chi connectivity index (χ1n) is 9.96. The zero-order chi connectivity index (χ0) is 20.9. The second kappa shape index (κ2) is 9.86. The molecule has 0 bridgehead atoms. The molecule has 1 fully saturated rings. The second-order valence-corrected chi connectivity index (χ2v) is 9.09. The van der Waals surface area contributed by atoms with Crippen LogP contribution in [0.1, 0.15) is 37.1 Å². The fraction of sp³-hybridized carbons (Fsp3) is 0.318. The zero-order valence-corrected chi connectivity index (χ0v) is 18.7. The summed E-state index contributed by atoms with van der Waals surface area (Å²) in [4.78, 5) is 12.5. The van der Waals surface area contributed by atoms with Gasteiger partial charge in [-0.2, -0.15) is 0 Å². The second-order valence-electron chi connectivity index (χ2n) is 7.30. The van der Waals surface area contributed by atoms with Crippen molar-refractivity contribution in [3.8, 4) is 5.69 Å². The first-order valence-corrected chi connectivity index (χ1v) is 11.7. The van der Waals surface area contributed by atoms with Crippen LogP contribution in [0.2, 0.25) is 10.0 Å². The monoisotopic (exact) mass is 460 g/mol. The highest BCUT2D eigenvalue weighted by atomic mass is 35.5. The largest absolute Gasteiger partial charge is 0.349 e. The van der Waals surface area contributed by atoms with Gasteiger partial charge in [-0.15, -0.1) is 10.2 Å². The number of carbonyl (C=O) groups is 1. The van der Waals surface area contributed by atoms with Gasteiger partial charge in [-0.3, -0.25) is 9.36 Å². The minimum absolute atomic E-state index is 0.0812. The van der Waals surface area contributed by atoms with E-state index in [1.165, 1.54) is 5.56 Å². The van der Waals surface area contributed by atoms with E-state index in [1.54, 1.807) is 30.0 Å². The quantitative estimate of drug-likeness (QED) is 0.461. The minimum atomic E-state index is 0.0812. The van der Waals surface area contributed by atoms with Crippen molar-refractivity contribution in [3.05, 3.63) is 70.0 Å². The van der Waals surface area contributed by atoms with Crippen LogP contribution in [0, 0.1) is 5.92 Å². The molecule has 1 saturated carbocycles. The Kier molecular flexibility index (Phi) is 6.97. The van der Waals surface area contributed by atoms with Crippen LogP contribution >= 0.6 is 35.0 Å². The maximum Gasteiger partial charge on any atom is 0.223 e. The number of carbonyl (C=O) groups excluding carboxylic acids is 1. The Labute approximate surface area is 190 Å². The fourth-order valence-corrected chi connectivity index (χ4v) is 4.92. The summed E-state index contributed by atoms with van der Waals surface area (Å²) in [5.74, 6) is 1.55. The summed E-state index contributed by atoms with van der Waals surface area (Å²) < 4.78 is 1.89. The molecule has 4 rings (SSSR count). The standard InChI is InChI=1S/C22H22Cl2N4OS/c23-17-10-11-18(24)19(12-17)28-20(13-25-21(29)16-8-4-5-9-16)26-27-22(28)30-14-15-6-2-1-3-7-15/h1-3,6-7,10-12,16H,4-5,8-9,13-14H2,(H,25,29). The first-order chi connectivity index (χ1) is 14.6. The molecule has 1 amide bonds. The van der Waals surface area contributed by atoms with Crippen molar-refractivity contribution in [2.75, 3.05) is 0 Å². The summed E-state index contributed by atoms with van der Waals surface area (Å²) in [6, 6.07) is 15.5. The van der Waals surface area contributed by atoms with Gasteiger partial charge in [0.15, 0.2) is 11.0 Å². The number of benzene rings is 2. The van der Waals surface area contributed by atoms with Crippen molar-refractivity contribution in [1.82, 2.24) is 20.1 Å². The summed E-state index contributed by atoms with van der Waals surface area (Å²) in [6.07, 6.45) is 4.15. The molecular formula is C22H22Cl2N4OS. The Morgan fingerprint density at radius 3 is 2.63 bits per heavy atom. The predicted octanol–water partition coefficient (Wildman–Crippen LogP) is 5.67. The Bertz CT molecular complexity index is 1020. The van der Waals surface area contributed by atoms with Crippen LogP contribution in [0.25, 0.3) is 5.69 Å². The molecule has 0 aliphatic heterocycles. The van der Waals surface area contributed by atoms with E-state index in [9.17, 15) is 4.79 Å². The van der Waals surface area contributed by atoms with Gasteiger partial charge < -0.3 is 5.32 Å². The molecule has 1 heterocycles. The average molecular weight is 461 g/mol. The molecule has 0 spiro atoms. The van der Waals surface area contributed by atoms with Gasteiger partial charge in [0, 0.05) is 16.7 Å². The molecule has 0 atom stereocenters. The van der Waals surface area contributed by atoms with Crippen molar-refractivity contribution in [2.45, 2.75) is 43.1 Å². The number of thioether (sulfide) groups is 1. The fourth-order valence-electron chi connectivity index (χ4n) is 3.63. The Morgan fingerprint density at radius 1 is 1.10 bits per heavy atom. The zero-order valence-electron chi connectivity index (χ0n) is 16.4. The summed E-state index contributed by atoms with van der Waals surface area (Å²) in [6.45, 7) is 0.289. The highest BCUT2D eigenvalue weighted by Crippen LogP contribution is 2.31. The molecule has 8 heteroatoms. The molecule has 1 aliphatic carbocycles. The van der Waals surface area contributed by atoms with Crippen LogP contribution in [0.5, 0.6) is 0 Å². The van der Waals surface area contributed by atoms with Gasteiger partial charge in [0.05, 0.1) is 17.3 Å². The molecule has 156 valence electrons. The maximum atomic E-state index is 12.5. The molecule has 1 aliphatic rings. The van der Waals surface area contributed by atoms with Gasteiger partial charge in [0.1, 0.15) is 0 Å². The van der Waals surface area contributed by atoms with Gasteiger partial charge in [-0.05, 0) is 36.6 Å². The van der Waals surface area contributed by atoms with Gasteiger partial charge in [0.2, 0.25) is 5.91 Å². The Hall–Kier alpha value is -2.02. The van der Waals surface area contributed by atoms with Crippen LogP contribution in [-0.2, 0) is 17.1 Å². The highest BCUT2D eigenvalue weighted by molar-refractivity contribution is 7.98. The third kappa shape index (κ3) is 4.99. The number of rotatable bonds is 7. The topological polar surface area (TPSA) is 59.8 Å². The molecule has 1 aromatic heterocycles. The van der Waals surface area contributed by atoms with E-state index >= 15 is 0 Å². The summed E-state index contributed by atoms with van der Waals surface area (Å²) in [5.41, 5.74) is 1.89. The minimum Gasteiger partial charge on any atom is -0.349 e. The van der Waals surface area contributed by atoms with E-state index in [4.69, 9.17) is 23.2 Å². The molecule has 5 nitrogen and oxygen atoms in total. The number of hydrogen-bond acceptors (Lipinski definition) is 4. The van der Waals surface area contributed by atoms with Crippen molar-refractivity contribution in [1.29, 1.82) is 0 Å². The SMILES string of the molecule is O=C(NCc1nnc(SCc2ccccc2)n1-c1cc(Cl)ccc1Cl)C1CCCC1. The third-order valence-electron chi connectivity index (χ3n) is 5.21. The van der Waals surface area contributed by atoms with Crippen molar-refractivity contribution >= 4 is 40.9 Å². The van der Waals surface area contributed by atoms with E-state index in [0.717, 1.165) is 31.4 Å². The molecule has 0 saturated heterocycles. The lowest BCUT2D eigenvalue weighted by atomic mass is 10.1. The van der Waals surface area contributed by atoms with E-state index in [2.05, 4.69) is 27.6 Å². The predicted molar refractivity (Wildman–Crippen MR) is 121 cm³/mol. The number of amides is 1. The van der Waals surface area contributed by atoms with E-state index in [1.807, 2.05) is 22.8 Å². The number of aromatic nitrogens is 3. The van der Waals surface area contributed by atoms with Crippen molar-refractivity contribution in [2.24, 2.45) is 5.92 Å². The third-order valence-corrected chi connectivity index (χ3v) is 6.76. The van der Waals surface area contributed by atoms with E-state index in [0.29, 0.717) is 26.7 Å². The van der Waals surface area contributed by atoms with Gasteiger partial charge >= 0.3 is 0 Å². The number of halogens is 2. The average Bonchev–Trinajstić information content (AvgIpc) is 3.43. The van der Waals surface area contributed by atoms with Crippen LogP contribution in [0.15, 0.2) is 53.7 Å². The molecule has 0 radical (unpaired) electrons. The normalized spacial score (nSPS) is 14.2. The van der Waals surface area contributed by atoms with Crippen LogP contribution < -0.4 is 5.32 Å². The summed E-state index contributed by atoms with van der Waals surface area (Å²) in [7, 11) is 0. The lowest BCUT2D eigenvalue weighted by Crippen LogP contribution is -2.29. The maximum absolute atomic E-state index is 12.5. The molecule has 1 N–H and O–H groups in total. The van der Waals surface area contributed by atoms with Crippen LogP contribution in [0.4, 0.5) is 0 Å². The van der Waals surface area contributed by atoms with Gasteiger partial charge in [0.25, 0.3) is 0 Å². The van der Waals surface area contributed by atoms with Crippen molar-refractivity contribution < 1.29 is 4.79 Å². The number of nitrogens with one attached hydrogen (secondary N) is 1.